The number of para-hydroxylation sites is 1. The predicted octanol–water partition coefficient (Wildman–Crippen LogP) is 14.2. The van der Waals surface area contributed by atoms with Crippen LogP contribution < -0.4 is 0 Å². The highest BCUT2D eigenvalue weighted by atomic mass is 15.0. The molecule has 5 heteroatoms. The second-order valence-electron chi connectivity index (χ2n) is 17.3. The zero-order chi connectivity index (χ0) is 42.1. The van der Waals surface area contributed by atoms with Gasteiger partial charge in [0, 0.05) is 56.8 Å². The van der Waals surface area contributed by atoms with E-state index in [9.17, 15) is 0 Å². The third-order valence-corrected chi connectivity index (χ3v) is 13.2. The van der Waals surface area contributed by atoms with Crippen molar-refractivity contribution in [2.24, 2.45) is 0 Å². The number of nitrogens with zero attached hydrogens (tertiary/aromatic N) is 5. The van der Waals surface area contributed by atoms with Crippen LogP contribution >= 0.6 is 0 Å². The van der Waals surface area contributed by atoms with Gasteiger partial charge in [0.15, 0.2) is 17.5 Å². The topological polar surface area (TPSA) is 64.5 Å². The van der Waals surface area contributed by atoms with E-state index in [1.165, 1.54) is 38.6 Å². The van der Waals surface area contributed by atoms with E-state index in [2.05, 4.69) is 158 Å². The Labute approximate surface area is 366 Å². The van der Waals surface area contributed by atoms with Crippen molar-refractivity contribution in [3.05, 3.63) is 217 Å². The van der Waals surface area contributed by atoms with Gasteiger partial charge >= 0.3 is 0 Å². The first-order chi connectivity index (χ1) is 31.0. The predicted molar refractivity (Wildman–Crippen MR) is 258 cm³/mol. The average Bonchev–Trinajstić information content (AvgIpc) is 3.59. The van der Waals surface area contributed by atoms with Crippen molar-refractivity contribution in [3.63, 3.8) is 0 Å². The maximum Gasteiger partial charge on any atom is 0.164 e. The number of rotatable bonds is 6. The number of hydrogen-bond acceptors (Lipinski definition) is 5. The minimum atomic E-state index is -0.0846. The zero-order valence-electron chi connectivity index (χ0n) is 35.0. The summed E-state index contributed by atoms with van der Waals surface area (Å²) in [5.41, 5.74) is 14.8. The Morgan fingerprint density at radius 2 is 1.13 bits per heavy atom. The normalized spacial score (nSPS) is 15.2. The Morgan fingerprint density at radius 1 is 0.492 bits per heavy atom. The van der Waals surface area contributed by atoms with Gasteiger partial charge in [-0.2, -0.15) is 0 Å². The molecule has 0 amide bonds. The molecule has 0 saturated heterocycles. The number of aromatic nitrogens is 5. The summed E-state index contributed by atoms with van der Waals surface area (Å²) in [6.07, 6.45) is 9.51. The van der Waals surface area contributed by atoms with Crippen LogP contribution in [0.1, 0.15) is 42.9 Å². The van der Waals surface area contributed by atoms with E-state index in [0.717, 1.165) is 67.2 Å². The Kier molecular flexibility index (Phi) is 8.58. The summed E-state index contributed by atoms with van der Waals surface area (Å²) in [4.78, 5) is 25.1. The highest BCUT2D eigenvalue weighted by molar-refractivity contribution is 6.10. The van der Waals surface area contributed by atoms with E-state index in [4.69, 9.17) is 19.9 Å². The molecule has 0 saturated carbocycles. The van der Waals surface area contributed by atoms with E-state index in [1.807, 2.05) is 54.9 Å². The molecule has 7 aromatic carbocycles. The molecule has 2 aliphatic carbocycles. The summed E-state index contributed by atoms with van der Waals surface area (Å²) in [6.45, 7) is 4.75. The summed E-state index contributed by atoms with van der Waals surface area (Å²) in [5.74, 6) is 2.06. The van der Waals surface area contributed by atoms with Crippen molar-refractivity contribution in [2.75, 3.05) is 0 Å². The van der Waals surface area contributed by atoms with Crippen LogP contribution in [0.4, 0.5) is 0 Å². The van der Waals surface area contributed by atoms with Gasteiger partial charge < -0.3 is 0 Å². The van der Waals surface area contributed by atoms with Crippen LogP contribution in [-0.4, -0.2) is 24.9 Å². The highest BCUT2D eigenvalue weighted by Gasteiger charge is 2.39. The lowest BCUT2D eigenvalue weighted by Crippen LogP contribution is -2.17. The van der Waals surface area contributed by atoms with E-state index in [-0.39, 0.29) is 11.3 Å². The van der Waals surface area contributed by atoms with Gasteiger partial charge in [0.05, 0.1) is 11.2 Å². The van der Waals surface area contributed by atoms with E-state index >= 15 is 0 Å². The molecule has 0 radical (unpaired) electrons. The molecule has 0 spiro atoms. The van der Waals surface area contributed by atoms with Gasteiger partial charge in [-0.15, -0.1) is 0 Å². The Hall–Kier alpha value is -7.89. The van der Waals surface area contributed by atoms with Crippen LogP contribution in [-0.2, 0) is 5.41 Å². The fourth-order valence-corrected chi connectivity index (χ4v) is 9.96. The summed E-state index contributed by atoms with van der Waals surface area (Å²) >= 11 is 0. The number of benzene rings is 7. The molecule has 0 bridgehead atoms. The van der Waals surface area contributed by atoms with Gasteiger partial charge in [-0.25, -0.2) is 19.9 Å². The smallest absolute Gasteiger partial charge is 0.164 e. The van der Waals surface area contributed by atoms with Crippen LogP contribution in [0.5, 0.6) is 0 Å². The quantitative estimate of drug-likeness (QED) is 0.157. The SMILES string of the molecule is CC1(C)C2=C(CC(c3cc(-c4ccc(-c5nc6ccccc6c6ccncc56)cc4)cc(-c4nc(-c5ccccc5)nc(-c5ccccc5)n4)c3)C=C2)c2c1ccc1ccccc21. The van der Waals surface area contributed by atoms with E-state index in [1.54, 1.807) is 0 Å². The first-order valence-corrected chi connectivity index (χ1v) is 21.7. The van der Waals surface area contributed by atoms with Crippen molar-refractivity contribution < 1.29 is 0 Å². The van der Waals surface area contributed by atoms with E-state index < -0.39 is 0 Å². The first-order valence-electron chi connectivity index (χ1n) is 21.7. The minimum Gasteiger partial charge on any atom is -0.264 e. The second kappa shape index (κ2) is 14.6. The molecule has 3 aromatic heterocycles. The van der Waals surface area contributed by atoms with Crippen LogP contribution in [0.2, 0.25) is 0 Å². The van der Waals surface area contributed by atoms with Crippen LogP contribution in [0.15, 0.2) is 200 Å². The molecular weight excluding hydrogens is 767 g/mol. The minimum absolute atomic E-state index is 0.0846. The van der Waals surface area contributed by atoms with Crippen molar-refractivity contribution in [3.8, 4) is 56.5 Å². The van der Waals surface area contributed by atoms with E-state index in [0.29, 0.717) is 17.5 Å². The average molecular weight is 808 g/mol. The lowest BCUT2D eigenvalue weighted by molar-refractivity contribution is 0.649. The third kappa shape index (κ3) is 6.27. The molecule has 1 unspecified atom stereocenters. The number of allylic oxidation sites excluding steroid dienone is 4. The van der Waals surface area contributed by atoms with Crippen LogP contribution in [0, 0.1) is 0 Å². The van der Waals surface area contributed by atoms with Gasteiger partial charge in [0.25, 0.3) is 0 Å². The van der Waals surface area contributed by atoms with Crippen molar-refractivity contribution in [1.82, 2.24) is 24.9 Å². The second-order valence-corrected chi connectivity index (χ2v) is 17.3. The lowest BCUT2D eigenvalue weighted by Gasteiger charge is -2.26. The molecule has 0 fully saturated rings. The number of hydrogen-bond donors (Lipinski definition) is 0. The fraction of sp³-hybridized carbons (Fsp3) is 0.0862. The van der Waals surface area contributed by atoms with Crippen LogP contribution in [0.25, 0.3) is 94.6 Å². The largest absolute Gasteiger partial charge is 0.264 e. The molecule has 3 heterocycles. The molecule has 0 aliphatic heterocycles. The van der Waals surface area contributed by atoms with Gasteiger partial charge in [-0.05, 0) is 85.8 Å². The lowest BCUT2D eigenvalue weighted by atomic mass is 9.77. The third-order valence-electron chi connectivity index (χ3n) is 13.2. The molecule has 5 nitrogen and oxygen atoms in total. The van der Waals surface area contributed by atoms with Gasteiger partial charge in [-0.3, -0.25) is 4.98 Å². The van der Waals surface area contributed by atoms with Gasteiger partial charge in [-0.1, -0.05) is 172 Å². The summed E-state index contributed by atoms with van der Waals surface area (Å²) in [7, 11) is 0. The Balaban J connectivity index is 1.01. The molecule has 1 atom stereocenters. The molecule has 63 heavy (non-hydrogen) atoms. The molecule has 298 valence electrons. The molecule has 10 aromatic rings. The van der Waals surface area contributed by atoms with Gasteiger partial charge in [0.1, 0.15) is 0 Å². The standard InChI is InChI=1S/C58H41N5/c1-58(2)50-27-26-41(34-48(50)53-45-18-10-9-13-37(45)25-28-51(53)58)43-31-42(36-21-23-38(24-22-36)54-49-35-59-30-29-46(49)47-19-11-12-20-52(47)60-54)32-44(33-43)57-62-55(39-14-5-3-6-15-39)61-56(63-57)40-16-7-4-8-17-40/h3-33,35,41H,34H2,1-2H3. The maximum absolute atomic E-state index is 5.20. The molecular formula is C58H41N5. The van der Waals surface area contributed by atoms with Crippen LogP contribution in [0.3, 0.4) is 0 Å². The monoisotopic (exact) mass is 807 g/mol. The Morgan fingerprint density at radius 3 is 1.87 bits per heavy atom. The Bertz CT molecular complexity index is 3440. The first kappa shape index (κ1) is 36.9. The van der Waals surface area contributed by atoms with Crippen molar-refractivity contribution >= 4 is 38.0 Å². The maximum atomic E-state index is 5.20. The molecule has 0 N–H and O–H groups in total. The summed E-state index contributed by atoms with van der Waals surface area (Å²) in [5, 5.41) is 5.92. The summed E-state index contributed by atoms with van der Waals surface area (Å²) < 4.78 is 0. The number of fused-ring (bicyclic) bond motifs is 7. The number of pyridine rings is 2. The van der Waals surface area contributed by atoms with Crippen molar-refractivity contribution in [2.45, 2.75) is 31.6 Å². The highest BCUT2D eigenvalue weighted by Crippen LogP contribution is 2.54. The van der Waals surface area contributed by atoms with Crippen molar-refractivity contribution in [1.29, 1.82) is 0 Å². The summed E-state index contributed by atoms with van der Waals surface area (Å²) in [6, 6.07) is 60.0. The zero-order valence-corrected chi connectivity index (χ0v) is 35.0. The molecule has 2 aliphatic rings. The molecule has 12 rings (SSSR count). The van der Waals surface area contributed by atoms with Gasteiger partial charge in [0.2, 0.25) is 0 Å². The fourth-order valence-electron chi connectivity index (χ4n) is 9.96.